The number of aromatic nitrogens is 4. The first-order chi connectivity index (χ1) is 31.1. The standard InChI is InChI=1S/C47H51ClN8O8/c1-62-47(61)53-40(30-14-18-64-19-15-30)45(58)56-35-21-32(35)23-37(56)43-51-38(41(48)54-43)28-10-6-26(7-11-28)3-2-25-4-8-27(9-5-25)33-24-49-42(50-33)36-22-31-20-34(31)55(36)44(57)39(52-46(59)60)29-12-16-63-17-13-29/h4-11,24,29-32,34-37,39-40,52H,12-23H2,1H3,(H,49,50)(H,51,54)(H,53,61)(H,59,60)/t31-,32+,34-,35-,36+,37+,39+,40+/m1/s1. The van der Waals surface area contributed by atoms with E-state index in [-0.39, 0.29) is 47.8 Å². The maximum absolute atomic E-state index is 14.2. The number of carboxylic acid groups (broad SMARTS) is 1. The molecule has 5 N–H and O–H groups in total. The molecule has 2 aliphatic carbocycles. The van der Waals surface area contributed by atoms with Gasteiger partial charge in [-0.05, 0) is 99.3 Å². The summed E-state index contributed by atoms with van der Waals surface area (Å²) >= 11 is 6.75. The molecule has 4 amide bonds. The van der Waals surface area contributed by atoms with Gasteiger partial charge in [-0.2, -0.15) is 0 Å². The van der Waals surface area contributed by atoms with Gasteiger partial charge in [-0.25, -0.2) is 19.6 Å². The van der Waals surface area contributed by atoms with Gasteiger partial charge in [0.25, 0.3) is 0 Å². The summed E-state index contributed by atoms with van der Waals surface area (Å²) in [5.74, 6) is 8.13. The van der Waals surface area contributed by atoms with E-state index in [0.29, 0.717) is 86.4 Å². The van der Waals surface area contributed by atoms with Crippen molar-refractivity contribution in [3.05, 3.63) is 82.7 Å². The summed E-state index contributed by atoms with van der Waals surface area (Å²) in [6.07, 6.45) is 6.07. The van der Waals surface area contributed by atoms with Crippen molar-refractivity contribution in [3.8, 4) is 34.4 Å². The molecular formula is C47H51ClN8O8. The van der Waals surface area contributed by atoms with Gasteiger partial charge >= 0.3 is 12.2 Å². The second-order valence-electron chi connectivity index (χ2n) is 17.9. The third-order valence-electron chi connectivity index (χ3n) is 14.1. The Morgan fingerprint density at radius 1 is 0.750 bits per heavy atom. The summed E-state index contributed by atoms with van der Waals surface area (Å²) < 4.78 is 15.9. The highest BCUT2D eigenvalue weighted by Gasteiger charge is 2.58. The molecular weight excluding hydrogens is 840 g/mol. The Morgan fingerprint density at radius 3 is 1.80 bits per heavy atom. The number of halogens is 1. The Hall–Kier alpha value is -5.89. The van der Waals surface area contributed by atoms with Crippen LogP contribution in [-0.2, 0) is 23.8 Å². The monoisotopic (exact) mass is 890 g/mol. The molecule has 4 aromatic rings. The molecule has 64 heavy (non-hydrogen) atoms. The fraction of sp³-hybridized carbons (Fsp3) is 0.489. The van der Waals surface area contributed by atoms with E-state index >= 15 is 0 Å². The molecule has 8 atom stereocenters. The lowest BCUT2D eigenvalue weighted by Crippen LogP contribution is -2.54. The predicted molar refractivity (Wildman–Crippen MR) is 233 cm³/mol. The minimum Gasteiger partial charge on any atom is -0.465 e. The van der Waals surface area contributed by atoms with Crippen molar-refractivity contribution < 1.29 is 38.5 Å². The van der Waals surface area contributed by atoms with Gasteiger partial charge in [0.2, 0.25) is 11.8 Å². The molecule has 16 nitrogen and oxygen atoms in total. The van der Waals surface area contributed by atoms with Crippen LogP contribution in [0.4, 0.5) is 9.59 Å². The Labute approximate surface area is 375 Å². The second-order valence-corrected chi connectivity index (χ2v) is 18.3. The largest absolute Gasteiger partial charge is 0.465 e. The van der Waals surface area contributed by atoms with Crippen LogP contribution in [0.2, 0.25) is 5.15 Å². The van der Waals surface area contributed by atoms with Crippen LogP contribution in [0.3, 0.4) is 0 Å². The lowest BCUT2D eigenvalue weighted by Gasteiger charge is -2.35. The van der Waals surface area contributed by atoms with Crippen LogP contribution < -0.4 is 10.6 Å². The normalized spacial score (nSPS) is 25.9. The quantitative estimate of drug-likeness (QED) is 0.117. The number of aromatic amines is 2. The summed E-state index contributed by atoms with van der Waals surface area (Å²) in [5, 5.41) is 15.3. The highest BCUT2D eigenvalue weighted by Crippen LogP contribution is 2.55. The molecule has 0 bridgehead atoms. The summed E-state index contributed by atoms with van der Waals surface area (Å²) in [6.45, 7) is 2.11. The predicted octanol–water partition coefficient (Wildman–Crippen LogP) is 6.06. The van der Waals surface area contributed by atoms with E-state index in [1.807, 2.05) is 64.5 Å². The highest BCUT2D eigenvalue weighted by molar-refractivity contribution is 6.31. The van der Waals surface area contributed by atoms with Gasteiger partial charge in [0.1, 0.15) is 23.7 Å². The average Bonchev–Trinajstić information content (AvgIpc) is 3.97. The lowest BCUT2D eigenvalue weighted by molar-refractivity contribution is -0.138. The Kier molecular flexibility index (Phi) is 11.6. The number of carbonyl (C=O) groups excluding carboxylic acids is 3. The summed E-state index contributed by atoms with van der Waals surface area (Å²) in [4.78, 5) is 72.5. The molecule has 2 aromatic carbocycles. The Balaban J connectivity index is 0.792. The van der Waals surface area contributed by atoms with Crippen molar-refractivity contribution in [1.29, 1.82) is 0 Å². The topological polar surface area (TPSA) is 204 Å². The number of benzene rings is 2. The first kappa shape index (κ1) is 42.1. The fourth-order valence-corrected chi connectivity index (χ4v) is 10.7. The van der Waals surface area contributed by atoms with Crippen molar-refractivity contribution in [3.63, 3.8) is 0 Å². The van der Waals surface area contributed by atoms with Crippen LogP contribution in [0.1, 0.15) is 86.2 Å². The van der Waals surface area contributed by atoms with E-state index in [4.69, 9.17) is 35.8 Å². The molecule has 0 spiro atoms. The fourth-order valence-electron chi connectivity index (χ4n) is 10.5. The summed E-state index contributed by atoms with van der Waals surface area (Å²) in [6, 6.07) is 13.7. The van der Waals surface area contributed by atoms with Crippen molar-refractivity contribution >= 4 is 35.6 Å². The van der Waals surface area contributed by atoms with Crippen LogP contribution in [-0.4, -0.2) is 117 Å². The number of nitrogens with zero attached hydrogens (tertiary/aromatic N) is 4. The summed E-state index contributed by atoms with van der Waals surface area (Å²) in [5.41, 5.74) is 4.80. The van der Waals surface area contributed by atoms with Crippen LogP contribution in [0.15, 0.2) is 54.7 Å². The Morgan fingerprint density at radius 2 is 1.27 bits per heavy atom. The molecule has 10 rings (SSSR count). The zero-order valence-electron chi connectivity index (χ0n) is 35.4. The van der Waals surface area contributed by atoms with E-state index in [1.165, 1.54) is 7.11 Å². The second kappa shape index (κ2) is 17.6. The number of piperidine rings is 2. The third-order valence-corrected chi connectivity index (χ3v) is 14.3. The first-order valence-corrected chi connectivity index (χ1v) is 22.7. The number of amides is 4. The molecule has 2 saturated carbocycles. The molecule has 0 unspecified atom stereocenters. The van der Waals surface area contributed by atoms with Crippen molar-refractivity contribution in [1.82, 2.24) is 40.4 Å². The van der Waals surface area contributed by atoms with Gasteiger partial charge < -0.3 is 49.7 Å². The number of imidazole rings is 2. The number of carbonyl (C=O) groups is 4. The molecule has 6 aliphatic rings. The average molecular weight is 891 g/mol. The number of ether oxygens (including phenoxy) is 3. The Bertz CT molecular complexity index is 2470. The van der Waals surface area contributed by atoms with Crippen molar-refractivity contribution in [2.24, 2.45) is 23.7 Å². The zero-order chi connectivity index (χ0) is 44.1. The molecule has 6 heterocycles. The van der Waals surface area contributed by atoms with Crippen LogP contribution in [0, 0.1) is 35.5 Å². The van der Waals surface area contributed by atoms with E-state index in [2.05, 4.69) is 32.4 Å². The molecule has 6 fully saturated rings. The van der Waals surface area contributed by atoms with E-state index in [0.717, 1.165) is 53.6 Å². The van der Waals surface area contributed by atoms with Crippen LogP contribution in [0.5, 0.6) is 0 Å². The zero-order valence-corrected chi connectivity index (χ0v) is 36.2. The molecule has 0 radical (unpaired) electrons. The van der Waals surface area contributed by atoms with Gasteiger partial charge in [0.05, 0.1) is 30.6 Å². The third kappa shape index (κ3) is 8.44. The smallest absolute Gasteiger partial charge is 0.407 e. The lowest BCUT2D eigenvalue weighted by atomic mass is 9.90. The van der Waals surface area contributed by atoms with Gasteiger partial charge in [0.15, 0.2) is 5.15 Å². The number of hydrogen-bond acceptors (Lipinski definition) is 9. The highest BCUT2D eigenvalue weighted by atomic mass is 35.5. The molecule has 17 heteroatoms. The molecule has 4 aliphatic heterocycles. The van der Waals surface area contributed by atoms with E-state index < -0.39 is 24.3 Å². The number of hydrogen-bond donors (Lipinski definition) is 5. The van der Waals surface area contributed by atoms with Crippen LogP contribution in [0.25, 0.3) is 22.5 Å². The minimum absolute atomic E-state index is 0.0551. The van der Waals surface area contributed by atoms with Crippen molar-refractivity contribution in [2.45, 2.75) is 87.6 Å². The minimum atomic E-state index is -1.20. The molecule has 2 aromatic heterocycles. The molecule has 334 valence electrons. The number of likely N-dealkylation sites (tertiary alicyclic amines) is 2. The maximum atomic E-state index is 14.2. The summed E-state index contributed by atoms with van der Waals surface area (Å²) in [7, 11) is 1.30. The number of fused-ring (bicyclic) bond motifs is 2. The number of alkyl carbamates (subject to hydrolysis) is 1. The maximum Gasteiger partial charge on any atom is 0.407 e. The number of rotatable bonds is 10. The van der Waals surface area contributed by atoms with E-state index in [9.17, 15) is 24.3 Å². The molecule has 4 saturated heterocycles. The number of nitrogens with one attached hydrogen (secondary N) is 4. The van der Waals surface area contributed by atoms with E-state index in [1.54, 1.807) is 0 Å². The first-order valence-electron chi connectivity index (χ1n) is 22.3. The van der Waals surface area contributed by atoms with Gasteiger partial charge in [-0.1, -0.05) is 47.7 Å². The van der Waals surface area contributed by atoms with Crippen molar-refractivity contribution in [2.75, 3.05) is 33.5 Å². The number of H-pyrrole nitrogens is 2. The van der Waals surface area contributed by atoms with Gasteiger partial charge in [-0.15, -0.1) is 0 Å². The number of methoxy groups -OCH3 is 1. The van der Waals surface area contributed by atoms with Gasteiger partial charge in [0, 0.05) is 67.0 Å². The van der Waals surface area contributed by atoms with Gasteiger partial charge in [-0.3, -0.25) is 9.59 Å². The van der Waals surface area contributed by atoms with Crippen LogP contribution >= 0.6 is 11.6 Å². The SMILES string of the molecule is COC(=O)N[C@H](C(=O)N1[C@@H]2C[C@H]2C[C@H]1c1nc(Cl)c(-c2ccc(C#Cc3ccc(-c4c[nH]c([C@@H]5C[C@H]6C[C@H]6N5C(=O)[C@@H](NC(=O)O)C5CCOCC5)n4)cc3)cc2)[nH]1)C1CCOCC1.